The van der Waals surface area contributed by atoms with Gasteiger partial charge in [-0.3, -0.25) is 19.4 Å². The molecule has 0 aromatic heterocycles. The number of halogens is 1. The summed E-state index contributed by atoms with van der Waals surface area (Å²) in [6, 6.07) is 14.8. The van der Waals surface area contributed by atoms with Gasteiger partial charge in [-0.05, 0) is 29.8 Å². The fraction of sp³-hybridized carbons (Fsp3) is 0.391. The van der Waals surface area contributed by atoms with E-state index in [4.69, 9.17) is 16.3 Å². The number of anilines is 1. The molecule has 0 bridgehead atoms. The quantitative estimate of drug-likeness (QED) is 0.616. The molecule has 0 radical (unpaired) electrons. The van der Waals surface area contributed by atoms with Gasteiger partial charge < -0.3 is 15.2 Å². The van der Waals surface area contributed by atoms with Crippen LogP contribution in [0.15, 0.2) is 48.5 Å². The Morgan fingerprint density at radius 2 is 1.81 bits per heavy atom. The van der Waals surface area contributed by atoms with Crippen molar-refractivity contribution in [2.75, 3.05) is 45.2 Å². The van der Waals surface area contributed by atoms with Gasteiger partial charge in [-0.1, -0.05) is 29.8 Å². The topological polar surface area (TPSA) is 82.1 Å². The van der Waals surface area contributed by atoms with Gasteiger partial charge >= 0.3 is 5.97 Å². The van der Waals surface area contributed by atoms with Gasteiger partial charge in [0.25, 0.3) is 0 Å². The zero-order chi connectivity index (χ0) is 22.2. The lowest BCUT2D eigenvalue weighted by molar-refractivity contribution is -0.144. The van der Waals surface area contributed by atoms with Gasteiger partial charge in [-0.15, -0.1) is 0 Å². The summed E-state index contributed by atoms with van der Waals surface area (Å²) in [6.07, 6.45) is -0.0741. The number of carboxylic acid groups (broad SMARTS) is 1. The van der Waals surface area contributed by atoms with Crippen molar-refractivity contribution >= 4 is 29.2 Å². The molecule has 8 heteroatoms. The third kappa shape index (κ3) is 7.24. The van der Waals surface area contributed by atoms with Crippen molar-refractivity contribution in [1.29, 1.82) is 0 Å². The van der Waals surface area contributed by atoms with Crippen molar-refractivity contribution in [1.82, 2.24) is 9.80 Å². The molecule has 1 heterocycles. The van der Waals surface area contributed by atoms with E-state index in [2.05, 4.69) is 21.2 Å². The van der Waals surface area contributed by atoms with Crippen LogP contribution >= 0.6 is 11.6 Å². The molecule has 1 aliphatic rings. The Hall–Kier alpha value is -2.61. The van der Waals surface area contributed by atoms with E-state index in [0.29, 0.717) is 18.0 Å². The van der Waals surface area contributed by atoms with Gasteiger partial charge in [0, 0.05) is 62.5 Å². The minimum Gasteiger partial charge on any atom is -0.497 e. The number of aliphatic carboxylic acids is 1. The molecule has 1 unspecified atom stereocenters. The second-order valence-corrected chi connectivity index (χ2v) is 8.16. The van der Waals surface area contributed by atoms with Crippen LogP contribution in [0.1, 0.15) is 12.0 Å². The molecule has 2 aromatic carbocycles. The molecular weight excluding hydrogens is 418 g/mol. The van der Waals surface area contributed by atoms with Crippen molar-refractivity contribution in [2.24, 2.45) is 5.92 Å². The zero-order valence-corrected chi connectivity index (χ0v) is 18.3. The molecule has 0 saturated carbocycles. The van der Waals surface area contributed by atoms with Gasteiger partial charge in [0.1, 0.15) is 5.75 Å². The first-order valence-corrected chi connectivity index (χ1v) is 10.7. The monoisotopic (exact) mass is 445 g/mol. The number of carboxylic acids is 1. The molecule has 1 aliphatic heterocycles. The van der Waals surface area contributed by atoms with E-state index in [1.54, 1.807) is 31.4 Å². The first-order valence-electron chi connectivity index (χ1n) is 10.3. The number of hydrogen-bond acceptors (Lipinski definition) is 5. The molecule has 2 aromatic rings. The Balaban J connectivity index is 1.47. The Morgan fingerprint density at radius 3 is 2.48 bits per heavy atom. The number of methoxy groups -OCH3 is 1. The molecule has 1 amide bonds. The minimum atomic E-state index is -0.956. The molecule has 7 nitrogen and oxygen atoms in total. The number of piperazine rings is 1. The third-order valence-electron chi connectivity index (χ3n) is 5.37. The number of ether oxygens (including phenoxy) is 1. The summed E-state index contributed by atoms with van der Waals surface area (Å²) in [5.74, 6) is -1.41. The molecule has 0 aliphatic carbocycles. The number of amides is 1. The van der Waals surface area contributed by atoms with Gasteiger partial charge in [0.05, 0.1) is 13.0 Å². The average molecular weight is 446 g/mol. The van der Waals surface area contributed by atoms with Crippen LogP contribution in [0.3, 0.4) is 0 Å². The third-order valence-corrected chi connectivity index (χ3v) is 5.61. The molecule has 1 fully saturated rings. The molecule has 2 N–H and O–H groups in total. The maximum Gasteiger partial charge on any atom is 0.308 e. The maximum atomic E-state index is 12.4. The standard InChI is InChI=1S/C23H28ClN3O4/c1-31-21-7-3-6-20(14-21)25-22(28)13-18(23(29)30)16-27-10-8-26(9-11-27)15-17-4-2-5-19(24)12-17/h2-7,12,14,18H,8-11,13,15-16H2,1H3,(H,25,28)(H,29,30). The van der Waals surface area contributed by atoms with E-state index < -0.39 is 11.9 Å². The highest BCUT2D eigenvalue weighted by Crippen LogP contribution is 2.19. The number of rotatable bonds is 9. The predicted molar refractivity (Wildman–Crippen MR) is 121 cm³/mol. The second-order valence-electron chi connectivity index (χ2n) is 7.73. The van der Waals surface area contributed by atoms with Crippen molar-refractivity contribution in [3.63, 3.8) is 0 Å². The zero-order valence-electron chi connectivity index (χ0n) is 17.6. The number of nitrogens with zero attached hydrogens (tertiary/aromatic N) is 2. The minimum absolute atomic E-state index is 0.0741. The van der Waals surface area contributed by atoms with Crippen LogP contribution in [0.2, 0.25) is 5.02 Å². The SMILES string of the molecule is COc1cccc(NC(=O)CC(CN2CCN(Cc3cccc(Cl)c3)CC2)C(=O)O)c1. The van der Waals surface area contributed by atoms with E-state index in [9.17, 15) is 14.7 Å². The van der Waals surface area contributed by atoms with Gasteiger partial charge in [-0.2, -0.15) is 0 Å². The molecule has 31 heavy (non-hydrogen) atoms. The Bertz CT molecular complexity index is 900. The number of hydrogen-bond donors (Lipinski definition) is 2. The summed E-state index contributed by atoms with van der Waals surface area (Å²) in [4.78, 5) is 28.6. The van der Waals surface area contributed by atoms with Crippen LogP contribution in [0, 0.1) is 5.92 Å². The van der Waals surface area contributed by atoms with E-state index in [0.717, 1.165) is 37.7 Å². The smallest absolute Gasteiger partial charge is 0.308 e. The number of nitrogens with one attached hydrogen (secondary N) is 1. The Morgan fingerprint density at radius 1 is 1.10 bits per heavy atom. The van der Waals surface area contributed by atoms with Crippen LogP contribution in [-0.2, 0) is 16.1 Å². The largest absolute Gasteiger partial charge is 0.497 e. The van der Waals surface area contributed by atoms with Crippen LogP contribution in [0.4, 0.5) is 5.69 Å². The van der Waals surface area contributed by atoms with Crippen molar-refractivity contribution in [2.45, 2.75) is 13.0 Å². The summed E-state index contributed by atoms with van der Waals surface area (Å²) in [5.41, 5.74) is 1.75. The summed E-state index contributed by atoms with van der Waals surface area (Å²) >= 11 is 6.06. The normalized spacial score (nSPS) is 15.9. The van der Waals surface area contributed by atoms with E-state index in [1.807, 2.05) is 18.2 Å². The molecule has 1 saturated heterocycles. The van der Waals surface area contributed by atoms with E-state index in [-0.39, 0.29) is 12.3 Å². The van der Waals surface area contributed by atoms with Gasteiger partial charge in [0.15, 0.2) is 0 Å². The van der Waals surface area contributed by atoms with Crippen LogP contribution < -0.4 is 10.1 Å². The van der Waals surface area contributed by atoms with Crippen LogP contribution in [0.5, 0.6) is 5.75 Å². The fourth-order valence-electron chi connectivity index (χ4n) is 3.70. The average Bonchev–Trinajstić information content (AvgIpc) is 2.74. The first kappa shape index (κ1) is 23.1. The van der Waals surface area contributed by atoms with Crippen molar-refractivity contribution in [3.05, 3.63) is 59.1 Å². The van der Waals surface area contributed by atoms with Crippen molar-refractivity contribution < 1.29 is 19.4 Å². The van der Waals surface area contributed by atoms with Crippen LogP contribution in [-0.4, -0.2) is 66.6 Å². The second kappa shape index (κ2) is 11.1. The van der Waals surface area contributed by atoms with Crippen LogP contribution in [0.25, 0.3) is 0 Å². The number of benzene rings is 2. The molecule has 1 atom stereocenters. The highest BCUT2D eigenvalue weighted by atomic mass is 35.5. The number of carbonyl (C=O) groups is 2. The highest BCUT2D eigenvalue weighted by molar-refractivity contribution is 6.30. The molecular formula is C23H28ClN3O4. The van der Waals surface area contributed by atoms with Gasteiger partial charge in [0.2, 0.25) is 5.91 Å². The van der Waals surface area contributed by atoms with E-state index >= 15 is 0 Å². The molecule has 3 rings (SSSR count). The summed E-state index contributed by atoms with van der Waals surface area (Å²) < 4.78 is 5.15. The summed E-state index contributed by atoms with van der Waals surface area (Å²) in [7, 11) is 1.55. The number of carbonyl (C=O) groups excluding carboxylic acids is 1. The Labute approximate surface area is 187 Å². The fourth-order valence-corrected chi connectivity index (χ4v) is 3.91. The van der Waals surface area contributed by atoms with Crippen molar-refractivity contribution in [3.8, 4) is 5.75 Å². The lowest BCUT2D eigenvalue weighted by Gasteiger charge is -2.35. The molecule has 166 valence electrons. The summed E-state index contributed by atoms with van der Waals surface area (Å²) in [6.45, 7) is 4.39. The lowest BCUT2D eigenvalue weighted by Crippen LogP contribution is -2.48. The summed E-state index contributed by atoms with van der Waals surface area (Å²) in [5, 5.41) is 13.1. The highest BCUT2D eigenvalue weighted by Gasteiger charge is 2.26. The first-order chi connectivity index (χ1) is 14.9. The predicted octanol–water partition coefficient (Wildman–Crippen LogP) is 3.20. The maximum absolute atomic E-state index is 12.4. The Kier molecular flexibility index (Phi) is 8.28. The van der Waals surface area contributed by atoms with Gasteiger partial charge in [-0.25, -0.2) is 0 Å². The lowest BCUT2D eigenvalue weighted by atomic mass is 10.0. The molecule has 0 spiro atoms. The van der Waals surface area contributed by atoms with E-state index in [1.165, 1.54) is 5.56 Å².